The summed E-state index contributed by atoms with van der Waals surface area (Å²) < 4.78 is 10.4. The van der Waals surface area contributed by atoms with E-state index in [0.29, 0.717) is 16.7 Å². The first-order chi connectivity index (χ1) is 9.10. The molecule has 0 radical (unpaired) electrons. The molecule has 1 heterocycles. The van der Waals surface area contributed by atoms with Gasteiger partial charge in [0, 0.05) is 16.0 Å². The lowest BCUT2D eigenvalue weighted by Gasteiger charge is -2.10. The maximum Gasteiger partial charge on any atom is 0.284 e. The summed E-state index contributed by atoms with van der Waals surface area (Å²) in [6.07, 6.45) is 0. The molecule has 1 aromatic heterocycles. The summed E-state index contributed by atoms with van der Waals surface area (Å²) in [4.78, 5) is 10.4. The van der Waals surface area contributed by atoms with Crippen molar-refractivity contribution < 1.29 is 14.1 Å². The second-order valence-corrected chi connectivity index (χ2v) is 4.42. The van der Waals surface area contributed by atoms with Crippen molar-refractivity contribution in [2.75, 3.05) is 13.7 Å². The number of hydrogen-bond acceptors (Lipinski definition) is 4. The molecule has 0 spiro atoms. The number of methoxy groups -OCH3 is 1. The number of rotatable bonds is 5. The highest BCUT2D eigenvalue weighted by Gasteiger charge is 2.23. The predicted octanol–water partition coefficient (Wildman–Crippen LogP) is 3.35. The lowest BCUT2D eigenvalue weighted by atomic mass is 9.97. The lowest BCUT2D eigenvalue weighted by molar-refractivity contribution is -0.482. The van der Waals surface area contributed by atoms with Crippen LogP contribution in [0.25, 0.3) is 0 Å². The minimum Gasteiger partial charge on any atom is -0.468 e. The van der Waals surface area contributed by atoms with Gasteiger partial charge < -0.3 is 9.15 Å². The second kappa shape index (κ2) is 5.75. The van der Waals surface area contributed by atoms with Crippen LogP contribution in [0, 0.1) is 10.1 Å². The summed E-state index contributed by atoms with van der Waals surface area (Å²) >= 11 is 5.82. The molecule has 2 aromatic rings. The molecule has 2 rings (SSSR count). The topological polar surface area (TPSA) is 65.5 Å². The molecule has 19 heavy (non-hydrogen) atoms. The number of nitrogens with zero attached hydrogens (tertiary/aromatic N) is 1. The van der Waals surface area contributed by atoms with E-state index in [1.807, 2.05) is 0 Å². The van der Waals surface area contributed by atoms with E-state index in [1.165, 1.54) is 7.11 Å². The van der Waals surface area contributed by atoms with E-state index in [2.05, 4.69) is 0 Å². The van der Waals surface area contributed by atoms with Crippen LogP contribution in [0.3, 0.4) is 0 Å². The fourth-order valence-corrected chi connectivity index (χ4v) is 1.96. The molecule has 0 aliphatic rings. The van der Waals surface area contributed by atoms with E-state index in [9.17, 15) is 10.1 Å². The summed E-state index contributed by atoms with van der Waals surface area (Å²) in [5, 5.41) is 11.4. The molecule has 0 unspecified atom stereocenters. The van der Waals surface area contributed by atoms with Crippen LogP contribution in [0.1, 0.15) is 17.2 Å². The molecule has 1 atom stereocenters. The molecule has 0 aliphatic carbocycles. The van der Waals surface area contributed by atoms with Gasteiger partial charge in [-0.05, 0) is 23.8 Å². The highest BCUT2D eigenvalue weighted by Crippen LogP contribution is 2.29. The van der Waals surface area contributed by atoms with Crippen molar-refractivity contribution in [2.24, 2.45) is 0 Å². The van der Waals surface area contributed by atoms with Gasteiger partial charge in [-0.2, -0.15) is 0 Å². The van der Waals surface area contributed by atoms with Crippen LogP contribution in [-0.2, 0) is 0 Å². The smallest absolute Gasteiger partial charge is 0.284 e. The zero-order valence-electron chi connectivity index (χ0n) is 10.2. The Morgan fingerprint density at radius 1 is 1.32 bits per heavy atom. The minimum absolute atomic E-state index is 0.252. The van der Waals surface area contributed by atoms with Gasteiger partial charge >= 0.3 is 0 Å². The Morgan fingerprint density at radius 3 is 2.53 bits per heavy atom. The van der Waals surface area contributed by atoms with Crippen LogP contribution in [0.5, 0.6) is 5.95 Å². The van der Waals surface area contributed by atoms with Gasteiger partial charge in [0.15, 0.2) is 0 Å². The van der Waals surface area contributed by atoms with Gasteiger partial charge in [-0.3, -0.25) is 10.1 Å². The van der Waals surface area contributed by atoms with Crippen LogP contribution in [0.15, 0.2) is 40.8 Å². The zero-order valence-corrected chi connectivity index (χ0v) is 11.0. The highest BCUT2D eigenvalue weighted by molar-refractivity contribution is 6.30. The summed E-state index contributed by atoms with van der Waals surface area (Å²) in [6, 6.07) is 10.2. The average Bonchev–Trinajstić information content (AvgIpc) is 2.85. The van der Waals surface area contributed by atoms with Gasteiger partial charge in [0.05, 0.1) is 7.11 Å². The van der Waals surface area contributed by atoms with Gasteiger partial charge in [0.25, 0.3) is 5.95 Å². The third kappa shape index (κ3) is 3.26. The van der Waals surface area contributed by atoms with E-state index in [0.717, 1.165) is 5.56 Å². The van der Waals surface area contributed by atoms with Crippen molar-refractivity contribution in [3.63, 3.8) is 0 Å². The Morgan fingerprint density at radius 2 is 2.00 bits per heavy atom. The van der Waals surface area contributed by atoms with Gasteiger partial charge in [0.2, 0.25) is 6.54 Å². The molecule has 6 heteroatoms. The largest absolute Gasteiger partial charge is 0.468 e. The maximum absolute atomic E-state index is 10.8. The van der Waals surface area contributed by atoms with Gasteiger partial charge in [-0.1, -0.05) is 23.7 Å². The van der Waals surface area contributed by atoms with E-state index in [1.54, 1.807) is 36.4 Å². The molecule has 0 saturated heterocycles. The standard InChI is InChI=1S/C13H12ClNO4/c1-18-13-7-6-12(19-13)11(8-15(16)17)9-2-4-10(14)5-3-9/h2-7,11H,8H2,1H3/t11-/m1/s1. The first-order valence-electron chi connectivity index (χ1n) is 5.61. The molecule has 100 valence electrons. The molecular formula is C13H12ClNO4. The molecule has 0 amide bonds. The molecule has 0 bridgehead atoms. The number of nitro groups is 1. The molecule has 0 aliphatic heterocycles. The number of furan rings is 1. The van der Waals surface area contributed by atoms with Crippen molar-refractivity contribution in [2.45, 2.75) is 5.92 Å². The van der Waals surface area contributed by atoms with Crippen molar-refractivity contribution in [1.82, 2.24) is 0 Å². The van der Waals surface area contributed by atoms with Crippen LogP contribution >= 0.6 is 11.6 Å². The van der Waals surface area contributed by atoms with Gasteiger partial charge in [0.1, 0.15) is 11.7 Å². The summed E-state index contributed by atoms with van der Waals surface area (Å²) in [7, 11) is 1.48. The lowest BCUT2D eigenvalue weighted by Crippen LogP contribution is -2.13. The van der Waals surface area contributed by atoms with Crippen LogP contribution in [-0.4, -0.2) is 18.6 Å². The highest BCUT2D eigenvalue weighted by atomic mass is 35.5. The Hall–Kier alpha value is -2.01. The van der Waals surface area contributed by atoms with Gasteiger partial charge in [-0.25, -0.2) is 0 Å². The zero-order chi connectivity index (χ0) is 13.8. The minimum atomic E-state index is -0.462. The molecule has 0 fully saturated rings. The Balaban J connectivity index is 2.34. The average molecular weight is 282 g/mol. The second-order valence-electron chi connectivity index (χ2n) is 3.98. The molecule has 0 saturated carbocycles. The Labute approximate surface area is 114 Å². The normalized spacial score (nSPS) is 12.1. The Bertz CT molecular complexity index is 564. The molecule has 1 aromatic carbocycles. The fraction of sp³-hybridized carbons (Fsp3) is 0.231. The van der Waals surface area contributed by atoms with Crippen LogP contribution in [0.2, 0.25) is 5.02 Å². The van der Waals surface area contributed by atoms with Crippen LogP contribution in [0.4, 0.5) is 0 Å². The number of benzene rings is 1. The first-order valence-corrected chi connectivity index (χ1v) is 5.99. The number of ether oxygens (including phenoxy) is 1. The van der Waals surface area contributed by atoms with Gasteiger partial charge in [-0.15, -0.1) is 0 Å². The quantitative estimate of drug-likeness (QED) is 0.623. The van der Waals surface area contributed by atoms with E-state index >= 15 is 0 Å². The predicted molar refractivity (Wildman–Crippen MR) is 70.4 cm³/mol. The molecular weight excluding hydrogens is 270 g/mol. The third-order valence-corrected chi connectivity index (χ3v) is 3.00. The monoisotopic (exact) mass is 281 g/mol. The van der Waals surface area contributed by atoms with Crippen molar-refractivity contribution >= 4 is 11.6 Å². The van der Waals surface area contributed by atoms with Crippen molar-refractivity contribution in [3.8, 4) is 5.95 Å². The fourth-order valence-electron chi connectivity index (χ4n) is 1.84. The van der Waals surface area contributed by atoms with Crippen molar-refractivity contribution in [3.05, 3.63) is 62.9 Å². The third-order valence-electron chi connectivity index (χ3n) is 2.75. The summed E-state index contributed by atoms with van der Waals surface area (Å²) in [6.45, 7) is -0.252. The van der Waals surface area contributed by atoms with Crippen molar-refractivity contribution in [1.29, 1.82) is 0 Å². The Kier molecular flexibility index (Phi) is 4.06. The number of halogens is 1. The first kappa shape index (κ1) is 13.4. The number of hydrogen-bond donors (Lipinski definition) is 0. The van der Waals surface area contributed by atoms with Crippen LogP contribution < -0.4 is 4.74 Å². The molecule has 0 N–H and O–H groups in total. The SMILES string of the molecule is COc1ccc([C@H](C[N+](=O)[O-])c2ccc(Cl)cc2)o1. The summed E-state index contributed by atoms with van der Waals surface area (Å²) in [5.41, 5.74) is 0.776. The van der Waals surface area contributed by atoms with E-state index < -0.39 is 5.92 Å². The maximum atomic E-state index is 10.8. The molecule has 5 nitrogen and oxygen atoms in total. The van der Waals surface area contributed by atoms with E-state index in [4.69, 9.17) is 20.8 Å². The van der Waals surface area contributed by atoms with E-state index in [-0.39, 0.29) is 11.5 Å². The summed E-state index contributed by atoms with van der Waals surface area (Å²) in [5.74, 6) is 0.365.